The van der Waals surface area contributed by atoms with Crippen LogP contribution in [0.1, 0.15) is 70.0 Å². The number of fused-ring (bicyclic) bond motifs is 1. The predicted octanol–water partition coefficient (Wildman–Crippen LogP) is 4.20. The second-order valence-electron chi connectivity index (χ2n) is 10.5. The van der Waals surface area contributed by atoms with Crippen molar-refractivity contribution in [3.05, 3.63) is 34.7 Å². The minimum absolute atomic E-state index is 0.0313. The number of aromatic amines is 2. The Hall–Kier alpha value is -2.18. The van der Waals surface area contributed by atoms with Crippen LogP contribution in [0.2, 0.25) is 0 Å². The van der Waals surface area contributed by atoms with Gasteiger partial charge in [-0.2, -0.15) is 5.10 Å². The third-order valence-electron chi connectivity index (χ3n) is 6.60. The van der Waals surface area contributed by atoms with E-state index in [-0.39, 0.29) is 23.8 Å². The zero-order valence-corrected chi connectivity index (χ0v) is 19.9. The number of aliphatic hydroxyl groups is 1. The van der Waals surface area contributed by atoms with Crippen LogP contribution in [0.3, 0.4) is 0 Å². The van der Waals surface area contributed by atoms with Crippen molar-refractivity contribution in [3.63, 3.8) is 0 Å². The van der Waals surface area contributed by atoms with E-state index >= 15 is 0 Å². The lowest BCUT2D eigenvalue weighted by Crippen LogP contribution is -2.37. The first-order chi connectivity index (χ1) is 14.5. The fourth-order valence-electron chi connectivity index (χ4n) is 3.99. The zero-order valence-electron chi connectivity index (χ0n) is 19.9. The lowest BCUT2D eigenvalue weighted by atomic mass is 9.83. The summed E-state index contributed by atoms with van der Waals surface area (Å²) in [4.78, 5) is 15.4. The van der Waals surface area contributed by atoms with Gasteiger partial charge in [-0.15, -0.1) is 0 Å². The molecule has 0 radical (unpaired) electrons. The lowest BCUT2D eigenvalue weighted by Gasteiger charge is -2.26. The van der Waals surface area contributed by atoms with E-state index in [1.165, 1.54) is 16.8 Å². The molecule has 6 heteroatoms. The van der Waals surface area contributed by atoms with E-state index in [2.05, 4.69) is 66.4 Å². The Balaban J connectivity index is 1.67. The normalized spacial score (nSPS) is 18.1. The Morgan fingerprint density at radius 3 is 2.68 bits per heavy atom. The van der Waals surface area contributed by atoms with E-state index in [1.807, 2.05) is 6.92 Å². The molecular weight excluding hydrogens is 388 g/mol. The fourth-order valence-corrected chi connectivity index (χ4v) is 3.99. The van der Waals surface area contributed by atoms with Gasteiger partial charge in [0.2, 0.25) is 0 Å². The molecule has 0 aliphatic heterocycles. The van der Waals surface area contributed by atoms with Crippen molar-refractivity contribution in [1.82, 2.24) is 20.5 Å². The minimum Gasteiger partial charge on any atom is -0.395 e. The Kier molecular flexibility index (Phi) is 6.92. The van der Waals surface area contributed by atoms with Crippen molar-refractivity contribution in [2.24, 2.45) is 10.8 Å². The number of ketones is 1. The van der Waals surface area contributed by atoms with E-state index in [4.69, 9.17) is 0 Å². The third kappa shape index (κ3) is 5.55. The van der Waals surface area contributed by atoms with Gasteiger partial charge in [-0.3, -0.25) is 9.89 Å². The number of carbonyl (C=O) groups excluding carboxylic acids is 1. The highest BCUT2D eigenvalue weighted by Gasteiger charge is 2.29. The largest absolute Gasteiger partial charge is 0.395 e. The highest BCUT2D eigenvalue weighted by molar-refractivity contribution is 5.82. The number of aryl methyl sites for hydroxylation is 1. The maximum atomic E-state index is 11.8. The summed E-state index contributed by atoms with van der Waals surface area (Å²) in [6, 6.07) is 2.40. The number of nitrogens with zero attached hydrogens (tertiary/aromatic N) is 1. The molecule has 0 fully saturated rings. The summed E-state index contributed by atoms with van der Waals surface area (Å²) in [7, 11) is 0. The summed E-state index contributed by atoms with van der Waals surface area (Å²) in [6.07, 6.45) is 7.93. The molecule has 1 aliphatic rings. The minimum atomic E-state index is -0.669. The molecule has 0 aromatic carbocycles. The maximum absolute atomic E-state index is 11.8. The summed E-state index contributed by atoms with van der Waals surface area (Å²) in [5, 5.41) is 20.9. The van der Waals surface area contributed by atoms with Gasteiger partial charge in [0.05, 0.1) is 17.7 Å². The van der Waals surface area contributed by atoms with Crippen LogP contribution in [0, 0.1) is 17.8 Å². The molecule has 6 nitrogen and oxygen atoms in total. The van der Waals surface area contributed by atoms with E-state index < -0.39 is 5.41 Å². The van der Waals surface area contributed by atoms with Crippen molar-refractivity contribution in [1.29, 1.82) is 0 Å². The molecule has 170 valence electrons. The first-order valence-corrected chi connectivity index (χ1v) is 11.3. The number of nitrogens with one attached hydrogen (secondary N) is 3. The second-order valence-corrected chi connectivity index (χ2v) is 10.5. The van der Waals surface area contributed by atoms with E-state index in [1.54, 1.807) is 6.92 Å². The van der Waals surface area contributed by atoms with Crippen LogP contribution in [0.15, 0.2) is 12.1 Å². The fraction of sp³-hybridized carbons (Fsp3) is 0.600. The Labute approximate surface area is 185 Å². The molecular formula is C25H38N4O2. The van der Waals surface area contributed by atoms with Gasteiger partial charge < -0.3 is 15.4 Å². The summed E-state index contributed by atoms with van der Waals surface area (Å²) < 4.78 is 0. The molecule has 3 rings (SSSR count). The van der Waals surface area contributed by atoms with Gasteiger partial charge in [-0.25, -0.2) is 0 Å². The predicted molar refractivity (Wildman–Crippen MR) is 126 cm³/mol. The summed E-state index contributed by atoms with van der Waals surface area (Å²) in [6.45, 7) is 12.9. The monoisotopic (exact) mass is 426 g/mol. The molecule has 2 unspecified atom stereocenters. The summed E-state index contributed by atoms with van der Waals surface area (Å²) >= 11 is 0. The molecule has 2 heterocycles. The molecule has 0 spiro atoms. The maximum Gasteiger partial charge on any atom is 0.138 e. The number of rotatable bonds is 9. The van der Waals surface area contributed by atoms with Gasteiger partial charge in [-0.1, -0.05) is 39.8 Å². The van der Waals surface area contributed by atoms with Crippen LogP contribution in [0.5, 0.6) is 0 Å². The van der Waals surface area contributed by atoms with Gasteiger partial charge in [0, 0.05) is 29.4 Å². The van der Waals surface area contributed by atoms with Crippen LogP contribution in [0.25, 0.3) is 17.5 Å². The third-order valence-corrected chi connectivity index (χ3v) is 6.60. The topological polar surface area (TPSA) is 93.8 Å². The highest BCUT2D eigenvalue weighted by atomic mass is 16.3. The van der Waals surface area contributed by atoms with Crippen molar-refractivity contribution in [3.8, 4) is 11.4 Å². The van der Waals surface area contributed by atoms with Gasteiger partial charge in [0.1, 0.15) is 11.5 Å². The first kappa shape index (κ1) is 23.5. The molecule has 0 amide bonds. The van der Waals surface area contributed by atoms with Crippen molar-refractivity contribution in [2.75, 3.05) is 13.2 Å². The van der Waals surface area contributed by atoms with Crippen molar-refractivity contribution >= 4 is 11.9 Å². The lowest BCUT2D eigenvalue weighted by molar-refractivity contribution is -0.128. The van der Waals surface area contributed by atoms with Crippen molar-refractivity contribution in [2.45, 2.75) is 73.3 Å². The quantitative estimate of drug-likeness (QED) is 0.483. The molecule has 2 aromatic rings. The number of carbonyl (C=O) groups is 1. The Morgan fingerprint density at radius 2 is 2.03 bits per heavy atom. The van der Waals surface area contributed by atoms with Crippen LogP contribution in [-0.2, 0) is 17.6 Å². The highest BCUT2D eigenvalue weighted by Crippen LogP contribution is 2.31. The van der Waals surface area contributed by atoms with Gasteiger partial charge in [0.25, 0.3) is 0 Å². The smallest absolute Gasteiger partial charge is 0.138 e. The second kappa shape index (κ2) is 9.13. The molecule has 1 aliphatic carbocycles. The average molecular weight is 427 g/mol. The van der Waals surface area contributed by atoms with E-state index in [0.29, 0.717) is 13.0 Å². The molecule has 0 saturated heterocycles. The number of Topliss-reactive ketones (excluding diaryl/α,β-unsaturated/α-hetero) is 1. The molecule has 0 bridgehead atoms. The van der Waals surface area contributed by atoms with Crippen molar-refractivity contribution < 1.29 is 9.90 Å². The van der Waals surface area contributed by atoms with Crippen LogP contribution in [0.4, 0.5) is 0 Å². The van der Waals surface area contributed by atoms with Crippen LogP contribution in [-0.4, -0.2) is 45.3 Å². The summed E-state index contributed by atoms with van der Waals surface area (Å²) in [5.41, 5.74) is 6.54. The van der Waals surface area contributed by atoms with Gasteiger partial charge >= 0.3 is 0 Å². The Morgan fingerprint density at radius 1 is 1.29 bits per heavy atom. The molecule has 0 saturated carbocycles. The standard InChI is InChI=1S/C25H38N4O2/c1-16-20(9-10-24(3,4)5)23(29-28-16)22-13-18-7-8-19(14-21(18)27-22)26-12-11-25(6,15-30)17(2)31/h7-8,13,19,26-27,30H,9-12,14-15H2,1-6H3,(H,28,29). The Bertz CT molecular complexity index is 947. The zero-order chi connectivity index (χ0) is 22.8. The molecule has 4 N–H and O–H groups in total. The molecule has 2 atom stereocenters. The SMILES string of the molecule is CC(=O)C(C)(CO)CCNC1C=Cc2cc(-c3n[nH]c(C)c3CCC(C)(C)C)[nH]c2C1. The number of hydrogen-bond donors (Lipinski definition) is 4. The van der Waals surface area contributed by atoms with Gasteiger partial charge in [0.15, 0.2) is 0 Å². The molecule has 2 aromatic heterocycles. The van der Waals surface area contributed by atoms with E-state index in [9.17, 15) is 9.90 Å². The number of hydrogen-bond acceptors (Lipinski definition) is 4. The van der Waals surface area contributed by atoms with E-state index in [0.717, 1.165) is 36.3 Å². The first-order valence-electron chi connectivity index (χ1n) is 11.3. The van der Waals surface area contributed by atoms with Gasteiger partial charge in [-0.05, 0) is 56.7 Å². The summed E-state index contributed by atoms with van der Waals surface area (Å²) in [5.74, 6) is 0.0313. The average Bonchev–Trinajstić information content (AvgIpc) is 3.28. The number of aromatic nitrogens is 3. The van der Waals surface area contributed by atoms with Crippen LogP contribution < -0.4 is 5.32 Å². The number of H-pyrrole nitrogens is 2. The number of aliphatic hydroxyl groups excluding tert-OH is 1. The van der Waals surface area contributed by atoms with Crippen LogP contribution >= 0.6 is 0 Å². The molecule has 31 heavy (non-hydrogen) atoms.